The average Bonchev–Trinajstić information content (AvgIpc) is 2.05. The number of nitrogens with zero attached hydrogens (tertiary/aromatic N) is 2. The smallest absolute Gasteiger partial charge is 0.146 e. The van der Waals surface area contributed by atoms with Crippen LogP contribution in [0.1, 0.15) is 0 Å². The summed E-state index contributed by atoms with van der Waals surface area (Å²) < 4.78 is 5.36. The molecule has 0 rings (SSSR count). The van der Waals surface area contributed by atoms with Gasteiger partial charge in [-0.2, -0.15) is 0 Å². The predicted molar refractivity (Wildman–Crippen MR) is 93.6 cm³/mol. The van der Waals surface area contributed by atoms with Crippen molar-refractivity contribution >= 4 is 24.7 Å². The Kier molecular flexibility index (Phi) is 6.12. The molecule has 0 aromatic rings. The van der Waals surface area contributed by atoms with Crippen LogP contribution in [0.4, 0.5) is 0 Å². The Morgan fingerprint density at radius 2 is 1.11 bits per heavy atom. The van der Waals surface area contributed by atoms with E-state index in [-0.39, 0.29) is 0 Å². The van der Waals surface area contributed by atoms with Crippen LogP contribution in [-0.2, 0) is 0 Å². The Bertz CT molecular complexity index is 257. The van der Waals surface area contributed by atoms with Crippen molar-refractivity contribution in [1.82, 2.24) is 8.80 Å². The van der Waals surface area contributed by atoms with Gasteiger partial charge in [0, 0.05) is 13.1 Å². The van der Waals surface area contributed by atoms with Crippen LogP contribution in [0.3, 0.4) is 0 Å². The topological polar surface area (TPSA) is 6.48 Å². The number of hydrogen-bond acceptors (Lipinski definition) is 2. The molecule has 0 saturated carbocycles. The van der Waals surface area contributed by atoms with E-state index >= 15 is 0 Å². The van der Waals surface area contributed by atoms with Crippen molar-refractivity contribution in [2.75, 3.05) is 13.1 Å². The molecule has 0 aliphatic heterocycles. The van der Waals surface area contributed by atoms with Crippen LogP contribution in [0.25, 0.3) is 0 Å². The molecule has 0 aliphatic carbocycles. The minimum absolute atomic E-state index is 1.15. The molecule has 0 atom stereocenters. The van der Waals surface area contributed by atoms with Crippen LogP contribution >= 0.6 is 0 Å². The van der Waals surface area contributed by atoms with Crippen molar-refractivity contribution < 1.29 is 0 Å². The van der Waals surface area contributed by atoms with Gasteiger partial charge in [-0.1, -0.05) is 65.5 Å². The van der Waals surface area contributed by atoms with Crippen LogP contribution < -0.4 is 0 Å². The second-order valence-corrected chi connectivity index (χ2v) is 23.2. The van der Waals surface area contributed by atoms with E-state index < -0.39 is 24.7 Å². The van der Waals surface area contributed by atoms with Gasteiger partial charge in [0.15, 0.2) is 0 Å². The van der Waals surface area contributed by atoms with Crippen molar-refractivity contribution in [1.29, 1.82) is 0 Å². The molecule has 0 unspecified atom stereocenters. The molecule has 5 heteroatoms. The van der Waals surface area contributed by atoms with Gasteiger partial charge in [-0.3, -0.25) is 0 Å². The highest BCUT2D eigenvalue weighted by Crippen LogP contribution is 2.20. The first-order valence-electron chi connectivity index (χ1n) is 6.97. The van der Waals surface area contributed by atoms with E-state index in [4.69, 9.17) is 0 Å². The molecule has 0 spiro atoms. The maximum Gasteiger partial charge on any atom is 0.146 e. The van der Waals surface area contributed by atoms with E-state index in [1.54, 1.807) is 0 Å². The molecule has 0 fully saturated rings. The fraction of sp³-hybridized carbons (Fsp3) is 0.846. The summed E-state index contributed by atoms with van der Waals surface area (Å²) in [6, 6.07) is 0. The maximum absolute atomic E-state index is 3.99. The summed E-state index contributed by atoms with van der Waals surface area (Å²) in [4.78, 5) is 0. The summed E-state index contributed by atoms with van der Waals surface area (Å²) >= 11 is 0. The molecule has 0 bridgehead atoms. The highest BCUT2D eigenvalue weighted by molar-refractivity contribution is 6.89. The van der Waals surface area contributed by atoms with E-state index in [2.05, 4.69) is 80.5 Å². The van der Waals surface area contributed by atoms with Crippen LogP contribution in [0.5, 0.6) is 0 Å². The zero-order valence-electron chi connectivity index (χ0n) is 14.1. The van der Waals surface area contributed by atoms with E-state index in [1.165, 1.54) is 6.54 Å². The Morgan fingerprint density at radius 1 is 0.722 bits per heavy atom. The first-order chi connectivity index (χ1) is 7.80. The number of rotatable bonds is 7. The van der Waals surface area contributed by atoms with Crippen molar-refractivity contribution in [3.63, 3.8) is 0 Å². The molecule has 2 nitrogen and oxygen atoms in total. The van der Waals surface area contributed by atoms with E-state index in [9.17, 15) is 0 Å². The van der Waals surface area contributed by atoms with Gasteiger partial charge in [0.25, 0.3) is 0 Å². The molecule has 0 radical (unpaired) electrons. The predicted octanol–water partition coefficient (Wildman–Crippen LogP) is 4.24. The molecule has 108 valence electrons. The standard InChI is InChI=1S/C13H34N2Si3/c1-11-14(16(2,3)4)12-13-15(17(5,6)7)18(8,9)10/h11H,1,12-13H2,2-10H3. The van der Waals surface area contributed by atoms with Gasteiger partial charge >= 0.3 is 0 Å². The molecular formula is C13H34N2Si3. The van der Waals surface area contributed by atoms with Gasteiger partial charge in [0.1, 0.15) is 24.7 Å². The minimum Gasteiger partial charge on any atom is -0.403 e. The van der Waals surface area contributed by atoms with Gasteiger partial charge in [-0.15, -0.1) is 0 Å². The van der Waals surface area contributed by atoms with Gasteiger partial charge < -0.3 is 8.80 Å². The van der Waals surface area contributed by atoms with Crippen LogP contribution in [-0.4, -0.2) is 46.6 Å². The van der Waals surface area contributed by atoms with Crippen LogP contribution in [0, 0.1) is 0 Å². The lowest BCUT2D eigenvalue weighted by Gasteiger charge is -2.45. The van der Waals surface area contributed by atoms with Crippen molar-refractivity contribution in [3.8, 4) is 0 Å². The van der Waals surface area contributed by atoms with Gasteiger partial charge in [-0.05, 0) is 6.20 Å². The third-order valence-corrected chi connectivity index (χ3v) is 13.1. The molecule has 0 aromatic carbocycles. The molecule has 0 heterocycles. The quantitative estimate of drug-likeness (QED) is 0.649. The SMILES string of the molecule is C=CN(CCN([Si](C)(C)C)[Si](C)(C)C)[Si](C)(C)C. The van der Waals surface area contributed by atoms with Gasteiger partial charge in [0.2, 0.25) is 0 Å². The van der Waals surface area contributed by atoms with E-state index in [1.807, 2.05) is 0 Å². The summed E-state index contributed by atoms with van der Waals surface area (Å²) in [6.07, 6.45) is 2.05. The Hall–Kier alpha value is 0.151. The summed E-state index contributed by atoms with van der Waals surface area (Å²) in [5, 5.41) is 0. The fourth-order valence-corrected chi connectivity index (χ4v) is 13.5. The lowest BCUT2D eigenvalue weighted by Crippen LogP contribution is -2.61. The maximum atomic E-state index is 3.99. The lowest BCUT2D eigenvalue weighted by molar-refractivity contribution is 0.487. The summed E-state index contributed by atoms with van der Waals surface area (Å²) in [5.74, 6) is 0. The second-order valence-electron chi connectivity index (χ2n) is 8.04. The Balaban J connectivity index is 4.79. The van der Waals surface area contributed by atoms with Crippen LogP contribution in [0.15, 0.2) is 12.8 Å². The third-order valence-electron chi connectivity index (χ3n) is 3.27. The first kappa shape index (κ1) is 18.2. The average molecular weight is 303 g/mol. The highest BCUT2D eigenvalue weighted by atomic mass is 28.4. The molecule has 0 N–H and O–H groups in total. The van der Waals surface area contributed by atoms with Crippen molar-refractivity contribution in [2.45, 2.75) is 58.9 Å². The van der Waals surface area contributed by atoms with E-state index in [0.717, 1.165) is 6.54 Å². The molecule has 0 aromatic heterocycles. The fourth-order valence-electron chi connectivity index (χ4n) is 2.59. The minimum atomic E-state index is -1.25. The first-order valence-corrected chi connectivity index (χ1v) is 17.3. The van der Waals surface area contributed by atoms with Gasteiger partial charge in [0.05, 0.1) is 0 Å². The molecule has 0 aliphatic rings. The lowest BCUT2D eigenvalue weighted by atomic mass is 10.6. The van der Waals surface area contributed by atoms with Crippen molar-refractivity contribution in [3.05, 3.63) is 12.8 Å². The number of hydrogen-bond donors (Lipinski definition) is 0. The van der Waals surface area contributed by atoms with Crippen molar-refractivity contribution in [2.24, 2.45) is 0 Å². The summed E-state index contributed by atoms with van der Waals surface area (Å²) in [6.45, 7) is 28.3. The molecule has 18 heavy (non-hydrogen) atoms. The monoisotopic (exact) mass is 302 g/mol. The highest BCUT2D eigenvalue weighted by Gasteiger charge is 2.34. The zero-order chi connectivity index (χ0) is 14.8. The summed E-state index contributed by atoms with van der Waals surface area (Å²) in [5.41, 5.74) is 0. The summed E-state index contributed by atoms with van der Waals surface area (Å²) in [7, 11) is -3.67. The zero-order valence-corrected chi connectivity index (χ0v) is 17.1. The second kappa shape index (κ2) is 6.07. The molecule has 0 saturated heterocycles. The molecular weight excluding hydrogens is 268 g/mol. The van der Waals surface area contributed by atoms with Crippen LogP contribution in [0.2, 0.25) is 58.9 Å². The Labute approximate surface area is 118 Å². The van der Waals surface area contributed by atoms with E-state index in [0.29, 0.717) is 0 Å². The molecule has 0 amide bonds. The third kappa shape index (κ3) is 5.86. The largest absolute Gasteiger partial charge is 0.403 e. The Morgan fingerprint density at radius 3 is 1.33 bits per heavy atom. The van der Waals surface area contributed by atoms with Gasteiger partial charge in [-0.25, -0.2) is 0 Å². The normalized spacial score (nSPS) is 13.9.